The third-order valence-electron chi connectivity index (χ3n) is 4.40. The van der Waals surface area contributed by atoms with Crippen LogP contribution >= 0.6 is 0 Å². The van der Waals surface area contributed by atoms with Gasteiger partial charge in [-0.15, -0.1) is 10.2 Å². The first kappa shape index (κ1) is 25.1. The van der Waals surface area contributed by atoms with Crippen molar-refractivity contribution >= 4 is 63.9 Å². The number of phenols is 2. The van der Waals surface area contributed by atoms with Gasteiger partial charge in [-0.3, -0.25) is 13.7 Å². The zero-order valence-corrected chi connectivity index (χ0v) is 18.8. The van der Waals surface area contributed by atoms with E-state index in [1.165, 1.54) is 0 Å². The second-order valence-electron chi connectivity index (χ2n) is 6.65. The SMILES string of the molecule is Nc1cc(N=Nc2ccc3c(S(=O)(=O)O)cc(S(=O)(=O)O)c(N)c3c2O)c(O)c(S(=O)(=O)O)c1. The van der Waals surface area contributed by atoms with Gasteiger partial charge in [-0.05, 0) is 24.3 Å². The number of nitrogens with zero attached hydrogens (tertiary/aromatic N) is 2. The quantitative estimate of drug-likeness (QED) is 0.106. The highest BCUT2D eigenvalue weighted by Gasteiger charge is 2.27. The van der Waals surface area contributed by atoms with Gasteiger partial charge in [-0.25, -0.2) is 0 Å². The Labute approximate surface area is 191 Å². The standard InChI is InChI=1S/C16H14N4O11S3/c17-6-3-9(15(21)12(4-6)34(29,30)31)20-19-8-2-1-7-10(32(23,24)25)5-11(33(26,27)28)14(18)13(7)16(8)22/h1-5,21-22H,17-18H2,(H,23,24,25)(H,26,27,28)(H,29,30,31). The molecule has 3 aromatic rings. The van der Waals surface area contributed by atoms with Crippen molar-refractivity contribution in [1.29, 1.82) is 0 Å². The van der Waals surface area contributed by atoms with Crippen LogP contribution in [0.15, 0.2) is 55.2 Å². The molecule has 0 aromatic heterocycles. The minimum atomic E-state index is -5.11. The molecule has 15 nitrogen and oxygen atoms in total. The Morgan fingerprint density at radius 3 is 1.71 bits per heavy atom. The number of hydrogen-bond donors (Lipinski definition) is 7. The number of nitrogen functional groups attached to an aromatic ring is 2. The van der Waals surface area contributed by atoms with Crippen molar-refractivity contribution in [3.8, 4) is 11.5 Å². The molecule has 0 bridgehead atoms. The summed E-state index contributed by atoms with van der Waals surface area (Å²) >= 11 is 0. The van der Waals surface area contributed by atoms with E-state index >= 15 is 0 Å². The second-order valence-corrected chi connectivity index (χ2v) is 10.8. The van der Waals surface area contributed by atoms with Crippen LogP contribution in [0.3, 0.4) is 0 Å². The summed E-state index contributed by atoms with van der Waals surface area (Å²) in [6.45, 7) is 0. The normalized spacial score (nSPS) is 13.0. The first-order valence-corrected chi connectivity index (χ1v) is 12.8. The van der Waals surface area contributed by atoms with Crippen molar-refractivity contribution in [2.45, 2.75) is 14.7 Å². The molecular formula is C16H14N4O11S3. The Morgan fingerprint density at radius 2 is 1.18 bits per heavy atom. The van der Waals surface area contributed by atoms with E-state index in [1.54, 1.807) is 0 Å². The van der Waals surface area contributed by atoms with E-state index in [2.05, 4.69) is 10.2 Å². The lowest BCUT2D eigenvalue weighted by Crippen LogP contribution is -2.08. The van der Waals surface area contributed by atoms with Crippen molar-refractivity contribution < 1.29 is 49.1 Å². The van der Waals surface area contributed by atoms with Crippen LogP contribution in [0.25, 0.3) is 10.8 Å². The van der Waals surface area contributed by atoms with Crippen molar-refractivity contribution in [1.82, 2.24) is 0 Å². The first-order chi connectivity index (χ1) is 15.4. The van der Waals surface area contributed by atoms with Crippen LogP contribution in [-0.4, -0.2) is 49.1 Å². The average molecular weight is 535 g/mol. The number of phenolic OH excluding ortho intramolecular Hbond substituents is 2. The van der Waals surface area contributed by atoms with Crippen LogP contribution < -0.4 is 11.5 Å². The average Bonchev–Trinajstić information content (AvgIpc) is 2.66. The first-order valence-electron chi connectivity index (χ1n) is 8.47. The Balaban J connectivity index is 2.32. The van der Waals surface area contributed by atoms with Gasteiger partial charge in [0, 0.05) is 11.1 Å². The van der Waals surface area contributed by atoms with E-state index in [9.17, 15) is 49.1 Å². The summed E-state index contributed by atoms with van der Waals surface area (Å²) in [4.78, 5) is -3.12. The summed E-state index contributed by atoms with van der Waals surface area (Å²) in [5.74, 6) is -1.99. The largest absolute Gasteiger partial charge is 0.505 e. The monoisotopic (exact) mass is 534 g/mol. The van der Waals surface area contributed by atoms with Crippen LogP contribution in [0, 0.1) is 0 Å². The number of fused-ring (bicyclic) bond motifs is 1. The molecule has 0 aliphatic carbocycles. The van der Waals surface area contributed by atoms with E-state index in [1.807, 2.05) is 0 Å². The third-order valence-corrected chi connectivity index (χ3v) is 7.05. The fourth-order valence-electron chi connectivity index (χ4n) is 2.96. The smallest absolute Gasteiger partial charge is 0.298 e. The minimum absolute atomic E-state index is 0.248. The van der Waals surface area contributed by atoms with Gasteiger partial charge >= 0.3 is 0 Å². The summed E-state index contributed by atoms with van der Waals surface area (Å²) in [5.41, 5.74) is 9.12. The molecule has 34 heavy (non-hydrogen) atoms. The molecule has 182 valence electrons. The predicted molar refractivity (Wildman–Crippen MR) is 116 cm³/mol. The molecule has 0 saturated heterocycles. The molecule has 3 rings (SSSR count). The van der Waals surface area contributed by atoms with Gasteiger partial charge < -0.3 is 21.7 Å². The van der Waals surface area contributed by atoms with Gasteiger partial charge in [0.1, 0.15) is 26.1 Å². The van der Waals surface area contributed by atoms with E-state index in [4.69, 9.17) is 11.5 Å². The summed E-state index contributed by atoms with van der Waals surface area (Å²) in [6.07, 6.45) is 0. The van der Waals surface area contributed by atoms with Crippen LogP contribution in [0.4, 0.5) is 22.7 Å². The van der Waals surface area contributed by atoms with Gasteiger partial charge in [-0.1, -0.05) is 6.07 Å². The Hall–Kier alpha value is -3.55. The molecular weight excluding hydrogens is 520 g/mol. The van der Waals surface area contributed by atoms with Crippen molar-refractivity contribution in [3.63, 3.8) is 0 Å². The summed E-state index contributed by atoms with van der Waals surface area (Å²) in [5, 5.41) is 26.7. The van der Waals surface area contributed by atoms with E-state index < -0.39 is 84.4 Å². The Morgan fingerprint density at radius 1 is 0.647 bits per heavy atom. The van der Waals surface area contributed by atoms with Gasteiger partial charge in [0.15, 0.2) is 11.5 Å². The lowest BCUT2D eigenvalue weighted by molar-refractivity contribution is 0.444. The van der Waals surface area contributed by atoms with Crippen LogP contribution in [0.1, 0.15) is 0 Å². The van der Waals surface area contributed by atoms with Crippen molar-refractivity contribution in [3.05, 3.63) is 30.3 Å². The zero-order valence-electron chi connectivity index (χ0n) is 16.3. The number of hydrogen-bond acceptors (Lipinski definition) is 12. The Kier molecular flexibility index (Phi) is 5.93. The number of azo groups is 1. The fraction of sp³-hybridized carbons (Fsp3) is 0. The zero-order chi connectivity index (χ0) is 25.8. The molecule has 0 aliphatic heterocycles. The summed E-state index contributed by atoms with van der Waals surface area (Å²) < 4.78 is 97.5. The molecule has 0 saturated carbocycles. The lowest BCUT2D eigenvalue weighted by atomic mass is 10.1. The van der Waals surface area contributed by atoms with Crippen molar-refractivity contribution in [2.24, 2.45) is 10.2 Å². The Bertz CT molecular complexity index is 1720. The highest BCUT2D eigenvalue weighted by molar-refractivity contribution is 7.87. The molecule has 0 fully saturated rings. The highest BCUT2D eigenvalue weighted by atomic mass is 32.2. The number of nitrogens with two attached hydrogens (primary N) is 2. The molecule has 0 aliphatic rings. The number of rotatable bonds is 5. The molecule has 0 heterocycles. The van der Waals surface area contributed by atoms with Gasteiger partial charge in [0.2, 0.25) is 0 Å². The van der Waals surface area contributed by atoms with Gasteiger partial charge in [-0.2, -0.15) is 25.3 Å². The van der Waals surface area contributed by atoms with Crippen molar-refractivity contribution in [2.75, 3.05) is 11.5 Å². The molecule has 18 heteroatoms. The summed E-state index contributed by atoms with van der Waals surface area (Å²) in [6, 6.07) is 4.04. The predicted octanol–water partition coefficient (Wildman–Crippen LogP) is 1.57. The highest BCUT2D eigenvalue weighted by Crippen LogP contribution is 2.44. The molecule has 0 unspecified atom stereocenters. The lowest BCUT2D eigenvalue weighted by Gasteiger charge is -2.13. The number of anilines is 2. The molecule has 3 aromatic carbocycles. The van der Waals surface area contributed by atoms with E-state index in [-0.39, 0.29) is 5.69 Å². The van der Waals surface area contributed by atoms with Gasteiger partial charge in [0.05, 0.1) is 11.1 Å². The van der Waals surface area contributed by atoms with E-state index in [0.29, 0.717) is 6.07 Å². The van der Waals surface area contributed by atoms with Crippen LogP contribution in [0.5, 0.6) is 11.5 Å². The van der Waals surface area contributed by atoms with Crippen LogP contribution in [0.2, 0.25) is 0 Å². The number of benzene rings is 3. The second kappa shape index (κ2) is 8.04. The topological polar surface area (TPSA) is 280 Å². The minimum Gasteiger partial charge on any atom is -0.505 e. The maximum atomic E-state index is 11.7. The third kappa shape index (κ3) is 4.58. The molecule has 0 amide bonds. The maximum absolute atomic E-state index is 11.7. The molecule has 0 spiro atoms. The number of aromatic hydroxyl groups is 2. The van der Waals surface area contributed by atoms with E-state index in [0.717, 1.165) is 24.3 Å². The summed E-state index contributed by atoms with van der Waals surface area (Å²) in [7, 11) is -15.1. The fourth-order valence-corrected chi connectivity index (χ4v) is 5.03. The molecule has 0 atom stereocenters. The molecule has 9 N–H and O–H groups in total. The van der Waals surface area contributed by atoms with Crippen LogP contribution in [-0.2, 0) is 30.4 Å². The maximum Gasteiger partial charge on any atom is 0.298 e. The molecule has 0 radical (unpaired) electrons. The van der Waals surface area contributed by atoms with Gasteiger partial charge in [0.25, 0.3) is 30.4 Å².